The number of hydrogen-bond donors (Lipinski definition) is 1. The third kappa shape index (κ3) is 4.23. The average molecular weight is 304 g/mol. The van der Waals surface area contributed by atoms with Crippen molar-refractivity contribution >= 4 is 11.6 Å². The van der Waals surface area contributed by atoms with E-state index in [1.807, 2.05) is 24.3 Å². The van der Waals surface area contributed by atoms with Crippen molar-refractivity contribution in [2.45, 2.75) is 32.4 Å². The van der Waals surface area contributed by atoms with Crippen molar-refractivity contribution in [3.63, 3.8) is 0 Å². The molecule has 0 radical (unpaired) electrons. The zero-order valence-corrected chi connectivity index (χ0v) is 13.5. The Hall–Kier alpha value is -1.51. The minimum absolute atomic E-state index is 0.251. The number of ether oxygens (including phenoxy) is 1. The molecule has 2 rings (SSSR count). The van der Waals surface area contributed by atoms with E-state index in [1.54, 1.807) is 7.11 Å². The van der Waals surface area contributed by atoms with Gasteiger partial charge in [-0.2, -0.15) is 0 Å². The van der Waals surface area contributed by atoms with Gasteiger partial charge in [-0.1, -0.05) is 42.8 Å². The first kappa shape index (κ1) is 15.9. The Labute approximate surface area is 132 Å². The highest BCUT2D eigenvalue weighted by molar-refractivity contribution is 6.30. The number of nitrogens with one attached hydrogen (secondary N) is 1. The molecule has 0 aliphatic rings. The van der Waals surface area contributed by atoms with Crippen LogP contribution in [0.15, 0.2) is 48.5 Å². The molecule has 0 amide bonds. The summed E-state index contributed by atoms with van der Waals surface area (Å²) in [5.74, 6) is 0.890. The molecular formula is C18H22ClNO. The minimum Gasteiger partial charge on any atom is -0.497 e. The van der Waals surface area contributed by atoms with Crippen molar-refractivity contribution in [2.75, 3.05) is 7.11 Å². The molecule has 21 heavy (non-hydrogen) atoms. The Balaban J connectivity index is 2.11. The minimum atomic E-state index is 0.251. The van der Waals surface area contributed by atoms with Gasteiger partial charge in [0.15, 0.2) is 0 Å². The first-order valence-electron chi connectivity index (χ1n) is 7.29. The van der Waals surface area contributed by atoms with E-state index < -0.39 is 0 Å². The molecule has 2 nitrogen and oxygen atoms in total. The lowest BCUT2D eigenvalue weighted by molar-refractivity contribution is 0.411. The maximum absolute atomic E-state index is 5.96. The number of hydrogen-bond acceptors (Lipinski definition) is 2. The van der Waals surface area contributed by atoms with Gasteiger partial charge in [0.05, 0.1) is 7.11 Å². The van der Waals surface area contributed by atoms with Crippen LogP contribution in [0.4, 0.5) is 0 Å². The molecule has 0 bridgehead atoms. The molecule has 0 spiro atoms. The van der Waals surface area contributed by atoms with Crippen molar-refractivity contribution in [3.05, 3.63) is 64.7 Å². The number of rotatable bonds is 6. The largest absolute Gasteiger partial charge is 0.497 e. The maximum atomic E-state index is 5.96. The van der Waals surface area contributed by atoms with Gasteiger partial charge in [0, 0.05) is 17.1 Å². The SMILES string of the molecule is CCC(NC(C)c1cccc(OC)c1)c1ccc(Cl)cc1. The Morgan fingerprint density at radius 3 is 2.43 bits per heavy atom. The molecule has 0 saturated heterocycles. The molecule has 0 aliphatic heterocycles. The fourth-order valence-corrected chi connectivity index (χ4v) is 2.58. The lowest BCUT2D eigenvalue weighted by Gasteiger charge is -2.23. The third-order valence-corrected chi connectivity index (χ3v) is 3.98. The van der Waals surface area contributed by atoms with E-state index >= 15 is 0 Å². The zero-order chi connectivity index (χ0) is 15.2. The highest BCUT2D eigenvalue weighted by Gasteiger charge is 2.14. The van der Waals surface area contributed by atoms with Crippen molar-refractivity contribution in [3.8, 4) is 5.75 Å². The first-order valence-corrected chi connectivity index (χ1v) is 7.67. The quantitative estimate of drug-likeness (QED) is 0.796. The lowest BCUT2D eigenvalue weighted by atomic mass is 10.0. The Bertz CT molecular complexity index is 568. The van der Waals surface area contributed by atoms with E-state index in [0.717, 1.165) is 17.2 Å². The van der Waals surface area contributed by atoms with Crippen LogP contribution in [0.2, 0.25) is 5.02 Å². The Morgan fingerprint density at radius 1 is 1.10 bits per heavy atom. The van der Waals surface area contributed by atoms with Crippen LogP contribution < -0.4 is 10.1 Å². The highest BCUT2D eigenvalue weighted by Crippen LogP contribution is 2.25. The third-order valence-electron chi connectivity index (χ3n) is 3.73. The van der Waals surface area contributed by atoms with Gasteiger partial charge in [0.1, 0.15) is 5.75 Å². The van der Waals surface area contributed by atoms with E-state index in [0.29, 0.717) is 6.04 Å². The summed E-state index contributed by atoms with van der Waals surface area (Å²) in [6.07, 6.45) is 1.02. The average Bonchev–Trinajstić information content (AvgIpc) is 2.53. The van der Waals surface area contributed by atoms with Crippen molar-refractivity contribution in [1.29, 1.82) is 0 Å². The molecule has 0 aromatic heterocycles. The van der Waals surface area contributed by atoms with Crippen LogP contribution in [-0.4, -0.2) is 7.11 Å². The molecule has 3 heteroatoms. The summed E-state index contributed by atoms with van der Waals surface area (Å²) >= 11 is 5.96. The first-order chi connectivity index (χ1) is 10.1. The fourth-order valence-electron chi connectivity index (χ4n) is 2.45. The second-order valence-corrected chi connectivity index (χ2v) is 5.61. The predicted molar refractivity (Wildman–Crippen MR) is 89.0 cm³/mol. The van der Waals surface area contributed by atoms with Crippen molar-refractivity contribution in [1.82, 2.24) is 5.32 Å². The lowest BCUT2D eigenvalue weighted by Crippen LogP contribution is -2.24. The molecule has 1 N–H and O–H groups in total. The van der Waals surface area contributed by atoms with E-state index in [4.69, 9.17) is 16.3 Å². The normalized spacial score (nSPS) is 13.7. The molecule has 2 atom stereocenters. The summed E-state index contributed by atoms with van der Waals surface area (Å²) < 4.78 is 5.29. The smallest absolute Gasteiger partial charge is 0.119 e. The van der Waals surface area contributed by atoms with Crippen LogP contribution in [0, 0.1) is 0 Å². The topological polar surface area (TPSA) is 21.3 Å². The van der Waals surface area contributed by atoms with Crippen molar-refractivity contribution in [2.24, 2.45) is 0 Å². The summed E-state index contributed by atoms with van der Waals surface area (Å²) in [5.41, 5.74) is 2.48. The molecular weight excluding hydrogens is 282 g/mol. The van der Waals surface area contributed by atoms with Gasteiger partial charge in [-0.05, 0) is 48.7 Å². The number of benzene rings is 2. The fraction of sp³-hybridized carbons (Fsp3) is 0.333. The molecule has 2 aromatic carbocycles. The van der Waals surface area contributed by atoms with Gasteiger partial charge in [-0.15, -0.1) is 0 Å². The van der Waals surface area contributed by atoms with Gasteiger partial charge in [-0.25, -0.2) is 0 Å². The molecule has 0 heterocycles. The van der Waals surface area contributed by atoms with Gasteiger partial charge in [0.25, 0.3) is 0 Å². The molecule has 2 unspecified atom stereocenters. The van der Waals surface area contributed by atoms with E-state index in [1.165, 1.54) is 11.1 Å². The van der Waals surface area contributed by atoms with Gasteiger partial charge < -0.3 is 10.1 Å². The molecule has 0 fully saturated rings. The standard InChI is InChI=1S/C18H22ClNO/c1-4-18(14-8-10-16(19)11-9-14)20-13(2)15-6-5-7-17(12-15)21-3/h5-13,18,20H,4H2,1-3H3. The van der Waals surface area contributed by atoms with Crippen LogP contribution in [0.25, 0.3) is 0 Å². The Kier molecular flexibility index (Phi) is 5.66. The van der Waals surface area contributed by atoms with Gasteiger partial charge >= 0.3 is 0 Å². The highest BCUT2D eigenvalue weighted by atomic mass is 35.5. The molecule has 2 aromatic rings. The molecule has 0 aliphatic carbocycles. The second kappa shape index (κ2) is 7.48. The van der Waals surface area contributed by atoms with Crippen LogP contribution in [-0.2, 0) is 0 Å². The van der Waals surface area contributed by atoms with E-state index in [2.05, 4.69) is 43.4 Å². The van der Waals surface area contributed by atoms with E-state index in [-0.39, 0.29) is 6.04 Å². The Morgan fingerprint density at radius 2 is 1.81 bits per heavy atom. The van der Waals surface area contributed by atoms with Crippen molar-refractivity contribution < 1.29 is 4.74 Å². The zero-order valence-electron chi connectivity index (χ0n) is 12.8. The summed E-state index contributed by atoms with van der Waals surface area (Å²) in [6, 6.07) is 16.8. The monoisotopic (exact) mass is 303 g/mol. The van der Waals surface area contributed by atoms with Crippen LogP contribution in [0.1, 0.15) is 43.5 Å². The summed E-state index contributed by atoms with van der Waals surface area (Å²) in [5, 5.41) is 4.44. The van der Waals surface area contributed by atoms with Crippen LogP contribution in [0.3, 0.4) is 0 Å². The van der Waals surface area contributed by atoms with Gasteiger partial charge in [-0.3, -0.25) is 0 Å². The van der Waals surface area contributed by atoms with Gasteiger partial charge in [0.2, 0.25) is 0 Å². The second-order valence-electron chi connectivity index (χ2n) is 5.18. The predicted octanol–water partition coefficient (Wildman–Crippen LogP) is 5.15. The maximum Gasteiger partial charge on any atom is 0.119 e. The number of halogens is 1. The van der Waals surface area contributed by atoms with E-state index in [9.17, 15) is 0 Å². The molecule has 112 valence electrons. The van der Waals surface area contributed by atoms with Crippen LogP contribution >= 0.6 is 11.6 Å². The summed E-state index contributed by atoms with van der Waals surface area (Å²) in [6.45, 7) is 4.36. The van der Waals surface area contributed by atoms with Crippen LogP contribution in [0.5, 0.6) is 5.75 Å². The summed E-state index contributed by atoms with van der Waals surface area (Å²) in [7, 11) is 1.69. The number of methoxy groups -OCH3 is 1. The summed E-state index contributed by atoms with van der Waals surface area (Å²) in [4.78, 5) is 0. The molecule has 0 saturated carbocycles.